The molecule has 1 aromatic heterocycles. The van der Waals surface area contributed by atoms with Crippen LogP contribution >= 0.6 is 22.9 Å². The molecule has 3 aliphatic heterocycles. The highest BCUT2D eigenvalue weighted by molar-refractivity contribution is 7.09. The number of ketones is 3. The molecule has 0 amide bonds. The highest BCUT2D eigenvalue weighted by Gasteiger charge is 2.53. The van der Waals surface area contributed by atoms with Gasteiger partial charge in [0.15, 0.2) is 17.3 Å². The molecule has 6 aliphatic rings. The summed E-state index contributed by atoms with van der Waals surface area (Å²) in [6.07, 6.45) is 20.0. The Kier molecular flexibility index (Phi) is 15.1. The van der Waals surface area contributed by atoms with Crippen molar-refractivity contribution in [2.45, 2.75) is 127 Å². The van der Waals surface area contributed by atoms with E-state index in [0.717, 1.165) is 120 Å². The van der Waals surface area contributed by atoms with Gasteiger partial charge in [0, 0.05) is 35.7 Å². The van der Waals surface area contributed by atoms with Crippen molar-refractivity contribution in [3.63, 3.8) is 0 Å². The molecule has 3 saturated heterocycles. The Hall–Kier alpha value is -4.24. The minimum absolute atomic E-state index is 0.324. The molecule has 10 rings (SSSR count). The van der Waals surface area contributed by atoms with E-state index >= 15 is 0 Å². The monoisotopic (exact) mass is 895 g/mol. The molecule has 4 heterocycles. The SMILES string of the molecule is CCCN1CCCC12C(=O)CCC=C2c1ccc(Cl)cc1.CCCN1CCCC12C(=O)CCC=C2c1ccccc1.O=C1CCC=C(c2ccccc2)C12CCCN2Cc1cccs1. The average Bonchev–Trinajstić information content (AvgIpc) is 4.16. The number of halogens is 1. The zero-order valence-corrected chi connectivity index (χ0v) is 39.6. The van der Waals surface area contributed by atoms with Crippen LogP contribution in [-0.4, -0.2) is 81.4 Å². The number of benzene rings is 3. The fourth-order valence-electron chi connectivity index (χ4n) is 12.0. The Bertz CT molecular complexity index is 2320. The molecule has 3 unspecified atom stereocenters. The largest absolute Gasteiger partial charge is 0.297 e. The van der Waals surface area contributed by atoms with Gasteiger partial charge in [0.2, 0.25) is 0 Å². The van der Waals surface area contributed by atoms with E-state index in [1.54, 1.807) is 11.3 Å². The van der Waals surface area contributed by atoms with Crippen LogP contribution < -0.4 is 0 Å². The molecule has 0 N–H and O–H groups in total. The lowest BCUT2D eigenvalue weighted by molar-refractivity contribution is -0.127. The summed E-state index contributed by atoms with van der Waals surface area (Å²) < 4.78 is 0. The van der Waals surface area contributed by atoms with Crippen LogP contribution in [-0.2, 0) is 20.9 Å². The van der Waals surface area contributed by atoms with Gasteiger partial charge in [-0.15, -0.1) is 11.3 Å². The van der Waals surface area contributed by atoms with Crippen molar-refractivity contribution in [3.05, 3.63) is 147 Å². The van der Waals surface area contributed by atoms with Crippen LogP contribution in [0.5, 0.6) is 0 Å². The topological polar surface area (TPSA) is 60.9 Å². The summed E-state index contributed by atoms with van der Waals surface area (Å²) in [5.41, 5.74) is 6.20. The van der Waals surface area contributed by atoms with Crippen molar-refractivity contribution in [1.29, 1.82) is 0 Å². The highest BCUT2D eigenvalue weighted by Crippen LogP contribution is 2.48. The van der Waals surface area contributed by atoms with Crippen LogP contribution in [0.15, 0.2) is 121 Å². The van der Waals surface area contributed by atoms with Crippen molar-refractivity contribution in [1.82, 2.24) is 14.7 Å². The standard InChI is InChI=1S/C20H21NOS.C18H22ClNO.C18H23NO/c22-19-11-4-10-18(16-7-2-1-3-8-16)20(19)12-6-13-21(20)15-17-9-5-14-23-17;1-2-12-20-13-4-11-18(20)16(5-3-6-17(18)21)14-7-9-15(19)10-8-14;1-2-13-19-14-7-12-18(19)16(10-6-11-17(18)20)15-8-4-3-5-9-15/h1-3,5,7-10,14H,4,6,11-13,15H2;5,7-10H,2-4,6,11-13H2,1H3;3-5,8-10H,2,6-7,11-14H2,1H3. The molecule has 0 saturated carbocycles. The first-order chi connectivity index (χ1) is 31.3. The third-order valence-electron chi connectivity index (χ3n) is 14.6. The molecular weight excluding hydrogens is 830 g/mol. The fraction of sp³-hybridized carbons (Fsp3) is 0.446. The molecule has 0 radical (unpaired) electrons. The van der Waals surface area contributed by atoms with Crippen LogP contribution in [0.3, 0.4) is 0 Å². The number of hydrogen-bond donors (Lipinski definition) is 0. The van der Waals surface area contributed by atoms with E-state index in [9.17, 15) is 14.4 Å². The summed E-state index contributed by atoms with van der Waals surface area (Å²) in [6.45, 7) is 10.4. The van der Waals surface area contributed by atoms with E-state index < -0.39 is 5.54 Å². The second-order valence-corrected chi connectivity index (χ2v) is 19.8. The molecule has 4 aromatic rings. The van der Waals surface area contributed by atoms with Crippen LogP contribution in [0.4, 0.5) is 0 Å². The van der Waals surface area contributed by atoms with Gasteiger partial charge >= 0.3 is 0 Å². The first-order valence-electron chi connectivity index (χ1n) is 24.1. The van der Waals surface area contributed by atoms with Gasteiger partial charge in [0.25, 0.3) is 0 Å². The molecule has 3 atom stereocenters. The van der Waals surface area contributed by atoms with Gasteiger partial charge in [0.05, 0.1) is 0 Å². The molecule has 3 spiro atoms. The number of thiophene rings is 1. The fourth-order valence-corrected chi connectivity index (χ4v) is 12.8. The zero-order valence-electron chi connectivity index (χ0n) is 38.0. The van der Waals surface area contributed by atoms with Crippen molar-refractivity contribution in [3.8, 4) is 0 Å². The third-order valence-corrected chi connectivity index (χ3v) is 15.8. The summed E-state index contributed by atoms with van der Waals surface area (Å²) in [5.74, 6) is 1.25. The molecule has 336 valence electrons. The summed E-state index contributed by atoms with van der Waals surface area (Å²) in [6, 6.07) is 33.2. The smallest absolute Gasteiger partial charge is 0.157 e. The number of rotatable bonds is 9. The molecule has 0 bridgehead atoms. The molecular formula is C56H66ClN3O3S. The van der Waals surface area contributed by atoms with E-state index in [2.05, 4.69) is 125 Å². The van der Waals surface area contributed by atoms with Crippen molar-refractivity contribution in [2.75, 3.05) is 32.7 Å². The van der Waals surface area contributed by atoms with E-state index in [1.165, 1.54) is 32.7 Å². The maximum absolute atomic E-state index is 13.1. The maximum Gasteiger partial charge on any atom is 0.157 e. The Morgan fingerprint density at radius 2 is 0.922 bits per heavy atom. The van der Waals surface area contributed by atoms with Crippen molar-refractivity contribution in [2.24, 2.45) is 0 Å². The lowest BCUT2D eigenvalue weighted by Gasteiger charge is -2.41. The predicted octanol–water partition coefficient (Wildman–Crippen LogP) is 12.5. The number of allylic oxidation sites excluding steroid dienone is 3. The summed E-state index contributed by atoms with van der Waals surface area (Å²) >= 11 is 7.79. The zero-order chi connectivity index (χ0) is 44.6. The van der Waals surface area contributed by atoms with Gasteiger partial charge in [-0.25, -0.2) is 0 Å². The average molecular weight is 897 g/mol. The number of carbonyl (C=O) groups excluding carboxylic acids is 3. The first kappa shape index (κ1) is 46.3. The summed E-state index contributed by atoms with van der Waals surface area (Å²) in [5, 5.41) is 2.86. The van der Waals surface area contributed by atoms with E-state index in [-0.39, 0.29) is 11.1 Å². The number of likely N-dealkylation sites (tertiary alicyclic amines) is 3. The molecule has 3 fully saturated rings. The van der Waals surface area contributed by atoms with Gasteiger partial charge in [-0.05, 0) is 160 Å². The van der Waals surface area contributed by atoms with Gasteiger partial charge in [-0.2, -0.15) is 0 Å². The van der Waals surface area contributed by atoms with E-state index in [4.69, 9.17) is 11.6 Å². The normalized spacial score (nSPS) is 26.1. The maximum atomic E-state index is 13.1. The minimum atomic E-state index is -0.399. The van der Waals surface area contributed by atoms with Crippen molar-refractivity contribution >= 4 is 57.0 Å². The van der Waals surface area contributed by atoms with Gasteiger partial charge in [0.1, 0.15) is 16.6 Å². The third kappa shape index (κ3) is 9.00. The number of Topliss-reactive ketones (excluding diaryl/α,β-unsaturated/α-hetero) is 3. The molecule has 3 aliphatic carbocycles. The second kappa shape index (κ2) is 20.9. The summed E-state index contributed by atoms with van der Waals surface area (Å²) in [4.78, 5) is 47.3. The Balaban J connectivity index is 0.000000132. The van der Waals surface area contributed by atoms with Crippen LogP contribution in [0, 0.1) is 0 Å². The Morgan fingerprint density at radius 1 is 0.516 bits per heavy atom. The number of nitrogens with zero attached hydrogens (tertiary/aromatic N) is 3. The predicted molar refractivity (Wildman–Crippen MR) is 265 cm³/mol. The van der Waals surface area contributed by atoms with Gasteiger partial charge in [-0.3, -0.25) is 29.1 Å². The van der Waals surface area contributed by atoms with Crippen LogP contribution in [0.2, 0.25) is 5.02 Å². The summed E-state index contributed by atoms with van der Waals surface area (Å²) in [7, 11) is 0. The lowest BCUT2D eigenvalue weighted by atomic mass is 9.74. The quantitative estimate of drug-likeness (QED) is 0.167. The Morgan fingerprint density at radius 3 is 1.33 bits per heavy atom. The minimum Gasteiger partial charge on any atom is -0.297 e. The number of hydrogen-bond acceptors (Lipinski definition) is 7. The lowest BCUT2D eigenvalue weighted by Crippen LogP contribution is -2.52. The molecule has 64 heavy (non-hydrogen) atoms. The molecule has 3 aromatic carbocycles. The van der Waals surface area contributed by atoms with E-state index in [1.807, 2.05) is 24.3 Å². The molecule has 6 nitrogen and oxygen atoms in total. The van der Waals surface area contributed by atoms with Crippen LogP contribution in [0.25, 0.3) is 16.7 Å². The highest BCUT2D eigenvalue weighted by atomic mass is 35.5. The Labute approximate surface area is 391 Å². The molecule has 8 heteroatoms. The van der Waals surface area contributed by atoms with Crippen LogP contribution in [0.1, 0.15) is 125 Å². The van der Waals surface area contributed by atoms with Gasteiger partial charge < -0.3 is 0 Å². The second-order valence-electron chi connectivity index (χ2n) is 18.3. The van der Waals surface area contributed by atoms with E-state index in [0.29, 0.717) is 36.6 Å². The van der Waals surface area contributed by atoms with Crippen molar-refractivity contribution < 1.29 is 14.4 Å². The van der Waals surface area contributed by atoms with Gasteiger partial charge in [-0.1, -0.05) is 123 Å². The first-order valence-corrected chi connectivity index (χ1v) is 25.4. The number of carbonyl (C=O) groups is 3.